The van der Waals surface area contributed by atoms with Crippen molar-refractivity contribution in [3.63, 3.8) is 0 Å². The lowest BCUT2D eigenvalue weighted by Crippen LogP contribution is -2.53. The van der Waals surface area contributed by atoms with Crippen molar-refractivity contribution in [1.29, 1.82) is 0 Å². The van der Waals surface area contributed by atoms with Crippen LogP contribution in [-0.4, -0.2) is 61.1 Å². The van der Waals surface area contributed by atoms with Gasteiger partial charge in [-0.25, -0.2) is 9.38 Å². The second kappa shape index (κ2) is 12.0. The molecule has 2 aliphatic heterocycles. The van der Waals surface area contributed by atoms with Crippen LogP contribution >= 0.6 is 0 Å². The molecule has 0 aliphatic carbocycles. The molecule has 1 fully saturated rings. The normalized spacial score (nSPS) is 18.5. The van der Waals surface area contributed by atoms with E-state index >= 15 is 0 Å². The van der Waals surface area contributed by atoms with Gasteiger partial charge in [0.15, 0.2) is 11.6 Å². The molecule has 1 saturated heterocycles. The summed E-state index contributed by atoms with van der Waals surface area (Å²) < 4.78 is 25.1. The number of benzene rings is 1. The number of halogens is 1. The summed E-state index contributed by atoms with van der Waals surface area (Å²) in [7, 11) is 1.40. The van der Waals surface area contributed by atoms with Crippen molar-refractivity contribution in [2.45, 2.75) is 51.2 Å². The van der Waals surface area contributed by atoms with Gasteiger partial charge < -0.3 is 19.9 Å². The minimum atomic E-state index is -0.922. The summed E-state index contributed by atoms with van der Waals surface area (Å²) in [6.45, 7) is 8.76. The molecular formula is C25H34FN3O4. The lowest BCUT2D eigenvalue weighted by atomic mass is 9.97. The Bertz CT molecular complexity index is 909. The topological polar surface area (TPSA) is 83.4 Å². The predicted molar refractivity (Wildman–Crippen MR) is 126 cm³/mol. The molecule has 2 N–H and O–H groups in total. The maximum absolute atomic E-state index is 14.1. The van der Waals surface area contributed by atoms with Crippen molar-refractivity contribution in [3.8, 4) is 5.75 Å². The van der Waals surface area contributed by atoms with E-state index < -0.39 is 17.8 Å². The van der Waals surface area contributed by atoms with E-state index in [1.54, 1.807) is 12.1 Å². The van der Waals surface area contributed by atoms with Crippen LogP contribution in [0.3, 0.4) is 0 Å². The summed E-state index contributed by atoms with van der Waals surface area (Å²) in [5, 5.41) is 12.7. The van der Waals surface area contributed by atoms with E-state index in [4.69, 9.17) is 14.5 Å². The first-order valence-corrected chi connectivity index (χ1v) is 11.5. The van der Waals surface area contributed by atoms with Crippen molar-refractivity contribution in [1.82, 2.24) is 10.2 Å². The number of nitrogens with zero attached hydrogens (tertiary/aromatic N) is 2. The first-order valence-electron chi connectivity index (χ1n) is 11.5. The average Bonchev–Trinajstić information content (AvgIpc) is 2.76. The number of carbonyl (C=O) groups is 1. The van der Waals surface area contributed by atoms with Crippen LogP contribution in [-0.2, 0) is 9.53 Å². The van der Waals surface area contributed by atoms with Gasteiger partial charge in [0.2, 0.25) is 0 Å². The summed E-state index contributed by atoms with van der Waals surface area (Å²) in [6.07, 6.45) is 5.57. The molecule has 33 heavy (non-hydrogen) atoms. The zero-order chi connectivity index (χ0) is 23.8. The molecular weight excluding hydrogens is 425 g/mol. The van der Waals surface area contributed by atoms with Gasteiger partial charge in [0, 0.05) is 38.0 Å². The van der Waals surface area contributed by atoms with E-state index in [0.717, 1.165) is 43.8 Å². The number of carboxylic acids is 1. The number of aliphatic carboxylic acids is 1. The van der Waals surface area contributed by atoms with E-state index in [0.29, 0.717) is 25.3 Å². The number of allylic oxidation sites excluding steroid dienone is 2. The lowest BCUT2D eigenvalue weighted by molar-refractivity contribution is -0.140. The zero-order valence-corrected chi connectivity index (χ0v) is 19.5. The highest BCUT2D eigenvalue weighted by atomic mass is 19.1. The minimum absolute atomic E-state index is 0.0403. The first-order chi connectivity index (χ1) is 15.9. The van der Waals surface area contributed by atoms with Gasteiger partial charge in [-0.05, 0) is 62.0 Å². The third-order valence-corrected chi connectivity index (χ3v) is 6.09. The maximum Gasteiger partial charge on any atom is 0.305 e. The van der Waals surface area contributed by atoms with Crippen LogP contribution in [0.5, 0.6) is 5.75 Å². The number of hydrogen-bond acceptors (Lipinski definition) is 6. The second-order valence-electron chi connectivity index (χ2n) is 8.52. The monoisotopic (exact) mass is 459 g/mol. The minimum Gasteiger partial charge on any atom is -0.494 e. The van der Waals surface area contributed by atoms with Gasteiger partial charge in [-0.15, -0.1) is 0 Å². The summed E-state index contributed by atoms with van der Waals surface area (Å²) in [6, 6.07) is 4.21. The molecule has 3 rings (SSSR count). The first kappa shape index (κ1) is 24.9. The number of rotatable bonds is 12. The highest BCUT2D eigenvalue weighted by Crippen LogP contribution is 2.32. The van der Waals surface area contributed by atoms with Crippen LogP contribution < -0.4 is 10.1 Å². The molecule has 1 aromatic rings. The van der Waals surface area contributed by atoms with Crippen molar-refractivity contribution in [3.05, 3.63) is 53.6 Å². The lowest BCUT2D eigenvalue weighted by Gasteiger charge is -2.43. The molecule has 8 heteroatoms. The van der Waals surface area contributed by atoms with Gasteiger partial charge in [0.1, 0.15) is 5.82 Å². The fourth-order valence-corrected chi connectivity index (χ4v) is 4.16. The SMILES string of the molecule is C=CC(CCCOC1CN(C(CC(=O)O)c2ccc(OC)c(F)c2)C1)=NC1=C(C)CCCN1. The number of hydrogen-bond donors (Lipinski definition) is 2. The smallest absolute Gasteiger partial charge is 0.305 e. The highest BCUT2D eigenvalue weighted by Gasteiger charge is 2.35. The van der Waals surface area contributed by atoms with E-state index in [-0.39, 0.29) is 18.3 Å². The average molecular weight is 460 g/mol. The van der Waals surface area contributed by atoms with Crippen molar-refractivity contribution >= 4 is 11.7 Å². The van der Waals surface area contributed by atoms with Gasteiger partial charge in [-0.1, -0.05) is 12.6 Å². The molecule has 180 valence electrons. The number of ether oxygens (including phenoxy) is 2. The number of nitrogens with one attached hydrogen (secondary N) is 1. The fraction of sp³-hybridized carbons (Fsp3) is 0.520. The van der Waals surface area contributed by atoms with Gasteiger partial charge in [-0.3, -0.25) is 9.69 Å². The molecule has 0 aromatic heterocycles. The van der Waals surface area contributed by atoms with Crippen molar-refractivity contribution < 1.29 is 23.8 Å². The van der Waals surface area contributed by atoms with Crippen LogP contribution in [0.2, 0.25) is 0 Å². The molecule has 0 saturated carbocycles. The molecule has 1 unspecified atom stereocenters. The second-order valence-corrected chi connectivity index (χ2v) is 8.52. The Balaban J connectivity index is 1.47. The number of methoxy groups -OCH3 is 1. The predicted octanol–water partition coefficient (Wildman–Crippen LogP) is 4.07. The largest absolute Gasteiger partial charge is 0.494 e. The Hall–Kier alpha value is -2.71. The molecule has 1 atom stereocenters. The number of carboxylic acid groups (broad SMARTS) is 1. The van der Waals surface area contributed by atoms with Gasteiger partial charge >= 0.3 is 5.97 Å². The third kappa shape index (κ3) is 6.88. The van der Waals surface area contributed by atoms with Crippen LogP contribution in [0.15, 0.2) is 47.2 Å². The Morgan fingerprint density at radius 2 is 2.24 bits per heavy atom. The van der Waals surface area contributed by atoms with Crippen LogP contribution in [0.25, 0.3) is 0 Å². The summed E-state index contributed by atoms with van der Waals surface area (Å²) in [5.74, 6) is -0.306. The van der Waals surface area contributed by atoms with Crippen LogP contribution in [0, 0.1) is 5.82 Å². The molecule has 2 heterocycles. The van der Waals surface area contributed by atoms with Gasteiger partial charge in [0.25, 0.3) is 0 Å². The summed E-state index contributed by atoms with van der Waals surface area (Å²) >= 11 is 0. The molecule has 7 nitrogen and oxygen atoms in total. The summed E-state index contributed by atoms with van der Waals surface area (Å²) in [4.78, 5) is 18.1. The molecule has 0 spiro atoms. The fourth-order valence-electron chi connectivity index (χ4n) is 4.16. The highest BCUT2D eigenvalue weighted by molar-refractivity contribution is 5.95. The standard InChI is InChI=1S/C25H34FN3O4/c1-4-19(28-25-17(2)7-5-11-27-25)8-6-12-33-20-15-29(16-20)22(14-24(30)31)18-9-10-23(32-3)21(26)13-18/h4,9-10,13,20,22,27H,1,5-8,11-12,14-16H2,2-3H3,(H,30,31). The molecule has 0 bridgehead atoms. The van der Waals surface area contributed by atoms with E-state index in [1.165, 1.54) is 24.8 Å². The quantitative estimate of drug-likeness (QED) is 0.362. The third-order valence-electron chi connectivity index (χ3n) is 6.09. The Kier molecular flexibility index (Phi) is 9.03. The van der Waals surface area contributed by atoms with Gasteiger partial charge in [-0.2, -0.15) is 0 Å². The summed E-state index contributed by atoms with van der Waals surface area (Å²) in [5.41, 5.74) is 2.85. The molecule has 0 radical (unpaired) electrons. The number of aliphatic imine (C=N–C) groups is 1. The molecule has 0 amide bonds. The maximum atomic E-state index is 14.1. The van der Waals surface area contributed by atoms with Crippen LogP contribution in [0.4, 0.5) is 4.39 Å². The zero-order valence-electron chi connectivity index (χ0n) is 19.5. The molecule has 2 aliphatic rings. The Morgan fingerprint density at radius 3 is 2.88 bits per heavy atom. The Morgan fingerprint density at radius 1 is 1.45 bits per heavy atom. The van der Waals surface area contributed by atoms with E-state index in [1.807, 2.05) is 4.90 Å². The van der Waals surface area contributed by atoms with Crippen molar-refractivity contribution in [2.24, 2.45) is 4.99 Å². The van der Waals surface area contributed by atoms with Crippen molar-refractivity contribution in [2.75, 3.05) is 33.4 Å². The number of likely N-dealkylation sites (tertiary alicyclic amines) is 1. The Labute approximate surface area is 195 Å². The van der Waals surface area contributed by atoms with E-state index in [2.05, 4.69) is 18.8 Å². The van der Waals surface area contributed by atoms with Gasteiger partial charge in [0.05, 0.1) is 19.6 Å². The van der Waals surface area contributed by atoms with Crippen LogP contribution in [0.1, 0.15) is 50.6 Å². The van der Waals surface area contributed by atoms with E-state index in [9.17, 15) is 14.3 Å². The molecule has 1 aromatic carbocycles.